The zero-order chi connectivity index (χ0) is 21.7. The predicted molar refractivity (Wildman–Crippen MR) is 112 cm³/mol. The Balaban J connectivity index is 2.04. The lowest BCUT2D eigenvalue weighted by Crippen LogP contribution is -2.30. The van der Waals surface area contributed by atoms with Crippen LogP contribution in [0.1, 0.15) is 5.56 Å². The van der Waals surface area contributed by atoms with Gasteiger partial charge in [-0.2, -0.15) is 0 Å². The van der Waals surface area contributed by atoms with Gasteiger partial charge in [-0.15, -0.1) is 0 Å². The van der Waals surface area contributed by atoms with E-state index in [9.17, 15) is 12.8 Å². The van der Waals surface area contributed by atoms with Crippen LogP contribution in [-0.2, 0) is 16.6 Å². The Kier molecular flexibility index (Phi) is 6.47. The third-order valence-corrected chi connectivity index (χ3v) is 6.34. The van der Waals surface area contributed by atoms with E-state index in [1.807, 2.05) is 0 Å². The summed E-state index contributed by atoms with van der Waals surface area (Å²) < 4.78 is 57.5. The van der Waals surface area contributed by atoms with Crippen LogP contribution in [0, 0.1) is 5.82 Å². The molecular formula is C22H22FNO5S. The van der Waals surface area contributed by atoms with Gasteiger partial charge in [0.05, 0.1) is 38.5 Å². The zero-order valence-corrected chi connectivity index (χ0v) is 17.6. The van der Waals surface area contributed by atoms with Gasteiger partial charge >= 0.3 is 0 Å². The van der Waals surface area contributed by atoms with Crippen molar-refractivity contribution >= 4 is 15.7 Å². The number of methoxy groups -OCH3 is 3. The van der Waals surface area contributed by atoms with E-state index in [1.54, 1.807) is 42.5 Å². The molecular weight excluding hydrogens is 409 g/mol. The molecule has 158 valence electrons. The number of anilines is 1. The highest BCUT2D eigenvalue weighted by Crippen LogP contribution is 2.29. The summed E-state index contributed by atoms with van der Waals surface area (Å²) in [5.74, 6) is 0.664. The Morgan fingerprint density at radius 1 is 0.800 bits per heavy atom. The maximum Gasteiger partial charge on any atom is 0.264 e. The second-order valence-electron chi connectivity index (χ2n) is 6.35. The minimum absolute atomic E-state index is 0.0679. The highest BCUT2D eigenvalue weighted by molar-refractivity contribution is 7.92. The van der Waals surface area contributed by atoms with Gasteiger partial charge in [0.2, 0.25) is 0 Å². The summed E-state index contributed by atoms with van der Waals surface area (Å²) >= 11 is 0. The number of benzene rings is 3. The number of sulfonamides is 1. The van der Waals surface area contributed by atoms with E-state index < -0.39 is 15.8 Å². The maximum absolute atomic E-state index is 14.2. The Bertz CT molecular complexity index is 1100. The van der Waals surface area contributed by atoms with E-state index in [1.165, 1.54) is 49.9 Å². The first-order chi connectivity index (χ1) is 14.4. The SMILES string of the molecule is COc1ccc(N(Cc2ccc(OC)c(F)c2)S(=O)(=O)c2ccc(OC)cc2)cc1. The Hall–Kier alpha value is -3.26. The predicted octanol–water partition coefficient (Wildman–Crippen LogP) is 4.25. The smallest absolute Gasteiger partial charge is 0.264 e. The van der Waals surface area contributed by atoms with Gasteiger partial charge in [0.1, 0.15) is 11.5 Å². The first-order valence-electron chi connectivity index (χ1n) is 9.02. The number of ether oxygens (including phenoxy) is 3. The van der Waals surface area contributed by atoms with Crippen molar-refractivity contribution in [2.24, 2.45) is 0 Å². The summed E-state index contributed by atoms with van der Waals surface area (Å²) in [4.78, 5) is 0.0908. The van der Waals surface area contributed by atoms with Crippen LogP contribution in [0.2, 0.25) is 0 Å². The third kappa shape index (κ3) is 4.49. The van der Waals surface area contributed by atoms with Crippen LogP contribution in [0.4, 0.5) is 10.1 Å². The fourth-order valence-corrected chi connectivity index (χ4v) is 4.37. The second kappa shape index (κ2) is 9.04. The zero-order valence-electron chi connectivity index (χ0n) is 16.8. The summed E-state index contributed by atoms with van der Waals surface area (Å²) in [6, 6.07) is 17.1. The summed E-state index contributed by atoms with van der Waals surface area (Å²) in [5, 5.41) is 0. The van der Waals surface area contributed by atoms with Gasteiger partial charge in [-0.25, -0.2) is 12.8 Å². The van der Waals surface area contributed by atoms with Crippen LogP contribution >= 0.6 is 0 Å². The van der Waals surface area contributed by atoms with Crippen LogP contribution in [0.3, 0.4) is 0 Å². The Morgan fingerprint density at radius 2 is 1.37 bits per heavy atom. The van der Waals surface area contributed by atoms with Crippen LogP contribution in [0.5, 0.6) is 17.2 Å². The van der Waals surface area contributed by atoms with Gasteiger partial charge in [-0.1, -0.05) is 6.07 Å². The molecule has 0 spiro atoms. The lowest BCUT2D eigenvalue weighted by molar-refractivity contribution is 0.386. The molecule has 0 bridgehead atoms. The Labute approximate surface area is 175 Å². The molecule has 8 heteroatoms. The van der Waals surface area contributed by atoms with Crippen LogP contribution in [0.15, 0.2) is 71.6 Å². The quantitative estimate of drug-likeness (QED) is 0.534. The van der Waals surface area contributed by atoms with Crippen molar-refractivity contribution in [3.63, 3.8) is 0 Å². The van der Waals surface area contributed by atoms with E-state index >= 15 is 0 Å². The molecule has 3 aromatic carbocycles. The Morgan fingerprint density at radius 3 is 1.87 bits per heavy atom. The normalized spacial score (nSPS) is 11.1. The molecule has 0 unspecified atom stereocenters. The molecule has 0 aromatic heterocycles. The molecule has 0 heterocycles. The fourth-order valence-electron chi connectivity index (χ4n) is 2.91. The van der Waals surface area contributed by atoms with E-state index in [2.05, 4.69) is 0 Å². The molecule has 3 rings (SSSR count). The first-order valence-corrected chi connectivity index (χ1v) is 10.5. The molecule has 0 saturated carbocycles. The number of hydrogen-bond donors (Lipinski definition) is 0. The van der Waals surface area contributed by atoms with Gasteiger partial charge in [0.15, 0.2) is 11.6 Å². The molecule has 0 atom stereocenters. The van der Waals surface area contributed by atoms with Gasteiger partial charge in [0, 0.05) is 0 Å². The van der Waals surface area contributed by atoms with Gasteiger partial charge in [-0.3, -0.25) is 4.31 Å². The highest BCUT2D eigenvalue weighted by atomic mass is 32.2. The van der Waals surface area contributed by atoms with Gasteiger partial charge in [-0.05, 0) is 66.2 Å². The summed E-state index contributed by atoms with van der Waals surface area (Å²) in [6.07, 6.45) is 0. The fraction of sp³-hybridized carbons (Fsp3) is 0.182. The largest absolute Gasteiger partial charge is 0.497 e. The maximum atomic E-state index is 14.2. The minimum atomic E-state index is -3.94. The molecule has 0 amide bonds. The minimum Gasteiger partial charge on any atom is -0.497 e. The molecule has 0 N–H and O–H groups in total. The first kappa shape index (κ1) is 21.4. The third-order valence-electron chi connectivity index (χ3n) is 4.55. The topological polar surface area (TPSA) is 65.1 Å². The summed E-state index contributed by atoms with van der Waals surface area (Å²) in [7, 11) is 0.463. The highest BCUT2D eigenvalue weighted by Gasteiger charge is 2.26. The molecule has 0 aliphatic heterocycles. The molecule has 0 radical (unpaired) electrons. The van der Waals surface area contributed by atoms with E-state index in [-0.39, 0.29) is 17.2 Å². The monoisotopic (exact) mass is 431 g/mol. The van der Waals surface area contributed by atoms with Gasteiger partial charge in [0.25, 0.3) is 10.0 Å². The molecule has 0 aliphatic rings. The average molecular weight is 431 g/mol. The number of rotatable bonds is 8. The lowest BCUT2D eigenvalue weighted by atomic mass is 10.2. The molecule has 6 nitrogen and oxygen atoms in total. The van der Waals surface area contributed by atoms with Crippen molar-refractivity contribution in [2.45, 2.75) is 11.4 Å². The van der Waals surface area contributed by atoms with Crippen molar-refractivity contribution in [3.8, 4) is 17.2 Å². The van der Waals surface area contributed by atoms with E-state index in [0.717, 1.165) is 0 Å². The molecule has 0 saturated heterocycles. The molecule has 3 aromatic rings. The number of halogens is 1. The van der Waals surface area contributed by atoms with Crippen molar-refractivity contribution in [1.29, 1.82) is 0 Å². The lowest BCUT2D eigenvalue weighted by Gasteiger charge is -2.25. The van der Waals surface area contributed by atoms with E-state index in [0.29, 0.717) is 22.7 Å². The molecule has 30 heavy (non-hydrogen) atoms. The van der Waals surface area contributed by atoms with Crippen molar-refractivity contribution < 1.29 is 27.0 Å². The average Bonchev–Trinajstić information content (AvgIpc) is 2.77. The van der Waals surface area contributed by atoms with Crippen molar-refractivity contribution in [2.75, 3.05) is 25.6 Å². The van der Waals surface area contributed by atoms with Gasteiger partial charge < -0.3 is 14.2 Å². The van der Waals surface area contributed by atoms with Crippen LogP contribution in [0.25, 0.3) is 0 Å². The molecule has 0 aliphatic carbocycles. The number of hydrogen-bond acceptors (Lipinski definition) is 5. The standard InChI is InChI=1S/C22H22FNO5S/c1-27-18-7-5-17(6-8-18)24(15-16-4-13-22(29-3)21(23)14-16)30(25,26)20-11-9-19(28-2)10-12-20/h4-14H,15H2,1-3H3. The summed E-state index contributed by atoms with van der Waals surface area (Å²) in [5.41, 5.74) is 0.893. The van der Waals surface area contributed by atoms with Crippen LogP contribution in [-0.4, -0.2) is 29.7 Å². The van der Waals surface area contributed by atoms with E-state index in [4.69, 9.17) is 14.2 Å². The summed E-state index contributed by atoms with van der Waals surface area (Å²) in [6.45, 7) is -0.0679. The van der Waals surface area contributed by atoms with Crippen molar-refractivity contribution in [3.05, 3.63) is 78.1 Å². The second-order valence-corrected chi connectivity index (χ2v) is 8.22. The molecule has 0 fully saturated rings. The van der Waals surface area contributed by atoms with Crippen LogP contribution < -0.4 is 18.5 Å². The van der Waals surface area contributed by atoms with Crippen molar-refractivity contribution in [1.82, 2.24) is 0 Å². The number of nitrogens with zero attached hydrogens (tertiary/aromatic N) is 1.